The molecule has 1 atom stereocenters. The highest BCUT2D eigenvalue weighted by Crippen LogP contribution is 2.39. The van der Waals surface area contributed by atoms with Gasteiger partial charge in [0.15, 0.2) is 6.61 Å². The molecule has 3 aromatic rings. The summed E-state index contributed by atoms with van der Waals surface area (Å²) in [5.74, 6) is -0.918. The Bertz CT molecular complexity index is 1100. The van der Waals surface area contributed by atoms with Crippen LogP contribution >= 0.6 is 11.3 Å². The van der Waals surface area contributed by atoms with E-state index < -0.39 is 24.0 Å². The van der Waals surface area contributed by atoms with Gasteiger partial charge in [0.25, 0.3) is 5.91 Å². The van der Waals surface area contributed by atoms with Crippen molar-refractivity contribution in [1.82, 2.24) is 10.3 Å². The summed E-state index contributed by atoms with van der Waals surface area (Å²) in [5, 5.41) is 12.7. The number of fused-ring (bicyclic) bond motifs is 1. The number of nitrogens with one attached hydrogen (secondary N) is 1. The number of rotatable bonds is 6. The number of carbonyl (C=O) groups is 2. The number of nitriles is 1. The maximum Gasteiger partial charge on any atom is 0.339 e. The van der Waals surface area contributed by atoms with Gasteiger partial charge in [-0.05, 0) is 43.9 Å². The molecule has 6 nitrogen and oxygen atoms in total. The molecule has 1 amide bonds. The number of aromatic nitrogens is 1. The van der Waals surface area contributed by atoms with Crippen LogP contribution in [0.1, 0.15) is 30.1 Å². The third kappa shape index (κ3) is 3.98. The van der Waals surface area contributed by atoms with Gasteiger partial charge in [0.05, 0.1) is 21.8 Å². The zero-order valence-electron chi connectivity index (χ0n) is 15.8. The number of amides is 1. The van der Waals surface area contributed by atoms with Gasteiger partial charge in [-0.2, -0.15) is 5.26 Å². The molecule has 1 aromatic heterocycles. The minimum absolute atomic E-state index is 0.159. The Morgan fingerprint density at radius 2 is 1.97 bits per heavy atom. The van der Waals surface area contributed by atoms with Gasteiger partial charge in [-0.15, -0.1) is 11.3 Å². The van der Waals surface area contributed by atoms with Gasteiger partial charge in [-0.25, -0.2) is 9.78 Å². The Morgan fingerprint density at radius 3 is 2.69 bits per heavy atom. The van der Waals surface area contributed by atoms with E-state index in [4.69, 9.17) is 4.74 Å². The van der Waals surface area contributed by atoms with Gasteiger partial charge < -0.3 is 10.1 Å². The predicted octanol–water partition coefficient (Wildman–Crippen LogP) is 3.93. The van der Waals surface area contributed by atoms with Crippen LogP contribution in [0, 0.1) is 17.2 Å². The van der Waals surface area contributed by atoms with Crippen LogP contribution in [0.5, 0.6) is 0 Å². The second kappa shape index (κ2) is 7.64. The first-order valence-electron chi connectivity index (χ1n) is 9.34. The average Bonchev–Trinajstić information content (AvgIpc) is 3.51. The summed E-state index contributed by atoms with van der Waals surface area (Å²) in [6.07, 6.45) is 1.83. The number of esters is 1. The Kier molecular flexibility index (Phi) is 5.03. The number of ether oxygens (including phenoxy) is 1. The van der Waals surface area contributed by atoms with Crippen LogP contribution in [0.25, 0.3) is 20.8 Å². The molecule has 1 aliphatic carbocycles. The largest absolute Gasteiger partial charge is 0.452 e. The Balaban J connectivity index is 1.48. The maximum absolute atomic E-state index is 12.6. The van der Waals surface area contributed by atoms with E-state index in [0.717, 1.165) is 23.1 Å². The van der Waals surface area contributed by atoms with E-state index >= 15 is 0 Å². The highest BCUT2D eigenvalue weighted by molar-refractivity contribution is 7.21. The topological polar surface area (TPSA) is 92.1 Å². The molecule has 0 bridgehead atoms. The fraction of sp³-hybridized carbons (Fsp3) is 0.273. The molecular weight excluding hydrogens is 386 g/mol. The van der Waals surface area contributed by atoms with Crippen molar-refractivity contribution in [3.63, 3.8) is 0 Å². The van der Waals surface area contributed by atoms with Gasteiger partial charge in [-0.3, -0.25) is 4.79 Å². The van der Waals surface area contributed by atoms with Gasteiger partial charge in [-0.1, -0.05) is 30.3 Å². The molecular formula is C22H19N3O3S. The first-order chi connectivity index (χ1) is 14.0. The lowest BCUT2D eigenvalue weighted by atomic mass is 9.98. The Hall–Kier alpha value is -3.24. The molecule has 0 aliphatic heterocycles. The lowest BCUT2D eigenvalue weighted by molar-refractivity contribution is -0.125. The molecule has 146 valence electrons. The maximum atomic E-state index is 12.6. The minimum atomic E-state index is -0.914. The smallest absolute Gasteiger partial charge is 0.339 e. The second-order valence-electron chi connectivity index (χ2n) is 7.25. The van der Waals surface area contributed by atoms with Crippen molar-refractivity contribution in [1.29, 1.82) is 5.26 Å². The minimum Gasteiger partial charge on any atom is -0.452 e. The summed E-state index contributed by atoms with van der Waals surface area (Å²) in [6, 6.07) is 17.0. The van der Waals surface area contributed by atoms with Crippen molar-refractivity contribution < 1.29 is 14.3 Å². The lowest BCUT2D eigenvalue weighted by Gasteiger charge is -2.22. The summed E-state index contributed by atoms with van der Waals surface area (Å²) in [7, 11) is 0. The molecule has 1 fully saturated rings. The summed E-state index contributed by atoms with van der Waals surface area (Å²) in [5.41, 5.74) is 0.969. The summed E-state index contributed by atoms with van der Waals surface area (Å²) in [6.45, 7) is 1.27. The molecule has 7 heteroatoms. The molecule has 1 N–H and O–H groups in total. The molecule has 2 aromatic carbocycles. The first kappa shape index (κ1) is 19.1. The molecule has 1 aliphatic rings. The SMILES string of the molecule is C[C@@](C#N)(NC(=O)COC(=O)c1ccccc1-c1nc2ccccc2s1)C1CC1. The van der Waals surface area contributed by atoms with E-state index in [9.17, 15) is 14.9 Å². The second-order valence-corrected chi connectivity index (χ2v) is 8.28. The van der Waals surface area contributed by atoms with E-state index in [1.807, 2.05) is 36.4 Å². The fourth-order valence-electron chi connectivity index (χ4n) is 3.25. The highest BCUT2D eigenvalue weighted by Gasteiger charge is 2.43. The van der Waals surface area contributed by atoms with E-state index in [-0.39, 0.29) is 5.92 Å². The molecule has 4 rings (SSSR count). The third-order valence-electron chi connectivity index (χ3n) is 5.03. The van der Waals surface area contributed by atoms with Gasteiger partial charge >= 0.3 is 5.97 Å². The zero-order valence-corrected chi connectivity index (χ0v) is 16.7. The zero-order chi connectivity index (χ0) is 20.4. The van der Waals surface area contributed by atoms with Crippen molar-refractivity contribution in [2.24, 2.45) is 5.92 Å². The lowest BCUT2D eigenvalue weighted by Crippen LogP contribution is -2.48. The van der Waals surface area contributed by atoms with Crippen molar-refractivity contribution in [2.75, 3.05) is 6.61 Å². The number of hydrogen-bond donors (Lipinski definition) is 1. The van der Waals surface area contributed by atoms with Crippen LogP contribution < -0.4 is 5.32 Å². The normalized spacial score (nSPS) is 15.3. The number of nitrogens with zero attached hydrogens (tertiary/aromatic N) is 2. The molecule has 0 spiro atoms. The van der Waals surface area contributed by atoms with Crippen LogP contribution in [-0.2, 0) is 9.53 Å². The number of carbonyl (C=O) groups excluding carboxylic acids is 2. The average molecular weight is 405 g/mol. The van der Waals surface area contributed by atoms with Gasteiger partial charge in [0.1, 0.15) is 10.5 Å². The van der Waals surface area contributed by atoms with Gasteiger partial charge in [0.2, 0.25) is 0 Å². The van der Waals surface area contributed by atoms with Crippen molar-refractivity contribution in [3.8, 4) is 16.6 Å². The Labute approximate surface area is 172 Å². The Morgan fingerprint density at radius 1 is 1.24 bits per heavy atom. The third-order valence-corrected chi connectivity index (χ3v) is 6.10. The summed E-state index contributed by atoms with van der Waals surface area (Å²) in [4.78, 5) is 29.5. The van der Waals surface area contributed by atoms with Gasteiger partial charge in [0, 0.05) is 5.56 Å². The predicted molar refractivity (Wildman–Crippen MR) is 110 cm³/mol. The van der Waals surface area contributed by atoms with E-state index in [2.05, 4.69) is 16.4 Å². The van der Waals surface area contributed by atoms with Crippen LogP contribution in [0.2, 0.25) is 0 Å². The van der Waals surface area contributed by atoms with E-state index in [0.29, 0.717) is 16.1 Å². The standard InChI is InChI=1S/C22H19N3O3S/c1-22(13-23,14-10-11-14)25-19(26)12-28-21(27)16-7-3-2-6-15(16)20-24-17-8-4-5-9-18(17)29-20/h2-9,14H,10-12H2,1H3,(H,25,26)/t22-/m0/s1. The van der Waals surface area contributed by atoms with Crippen LogP contribution in [0.15, 0.2) is 48.5 Å². The van der Waals surface area contributed by atoms with E-state index in [1.54, 1.807) is 19.1 Å². The fourth-order valence-corrected chi connectivity index (χ4v) is 4.26. The summed E-state index contributed by atoms with van der Waals surface area (Å²) >= 11 is 1.49. The highest BCUT2D eigenvalue weighted by atomic mass is 32.1. The van der Waals surface area contributed by atoms with Crippen molar-refractivity contribution in [2.45, 2.75) is 25.3 Å². The number of para-hydroxylation sites is 1. The molecule has 0 saturated heterocycles. The van der Waals surface area contributed by atoms with Crippen LogP contribution in [-0.4, -0.2) is 29.0 Å². The number of hydrogen-bond acceptors (Lipinski definition) is 6. The molecule has 1 saturated carbocycles. The van der Waals surface area contributed by atoms with Crippen molar-refractivity contribution >= 4 is 33.4 Å². The molecule has 0 unspecified atom stereocenters. The van der Waals surface area contributed by atoms with E-state index in [1.165, 1.54) is 11.3 Å². The number of thiazole rings is 1. The quantitative estimate of drug-likeness (QED) is 0.628. The van der Waals surface area contributed by atoms with Crippen molar-refractivity contribution in [3.05, 3.63) is 54.1 Å². The molecule has 1 heterocycles. The van der Waals surface area contributed by atoms with Crippen LogP contribution in [0.4, 0.5) is 0 Å². The number of benzene rings is 2. The molecule has 0 radical (unpaired) electrons. The molecule has 29 heavy (non-hydrogen) atoms. The van der Waals surface area contributed by atoms with Crippen LogP contribution in [0.3, 0.4) is 0 Å². The summed E-state index contributed by atoms with van der Waals surface area (Å²) < 4.78 is 6.26. The monoisotopic (exact) mass is 405 g/mol. The first-order valence-corrected chi connectivity index (χ1v) is 10.2.